The summed E-state index contributed by atoms with van der Waals surface area (Å²) in [7, 11) is 6.17. The molecule has 0 aromatic heterocycles. The number of methoxy groups -OCH3 is 2. The number of ether oxygens (including phenoxy) is 5. The molecule has 0 unspecified atom stereocenters. The molecule has 3 aliphatic rings. The van der Waals surface area contributed by atoms with Crippen LogP contribution in [0, 0.1) is 0 Å². The highest BCUT2D eigenvalue weighted by Crippen LogP contribution is 2.50. The number of hydrogen-bond donors (Lipinski definition) is 3. The summed E-state index contributed by atoms with van der Waals surface area (Å²) in [6.07, 6.45) is -5.03. The Balaban J connectivity index is 1.66. The fourth-order valence-electron chi connectivity index (χ4n) is 6.77. The fraction of sp³-hybridized carbons (Fsp3) is 0.500. The number of aromatic hydroxyl groups is 2. The van der Waals surface area contributed by atoms with Gasteiger partial charge >= 0.3 is 5.97 Å². The molecule has 2 aromatic carbocycles. The number of phenolic OH excluding ortho intramolecular Hbond substituents is 2. The van der Waals surface area contributed by atoms with Crippen LogP contribution in [0.25, 0.3) is 0 Å². The van der Waals surface area contributed by atoms with E-state index in [-0.39, 0.29) is 40.0 Å². The van der Waals surface area contributed by atoms with Crippen LogP contribution in [-0.4, -0.2) is 108 Å². The number of Topliss-reactive ketones (excluding diaryl/α,β-unsaturated/α-hetero) is 1. The molecular weight excluding hydrogens is 590 g/mol. The molecule has 45 heavy (non-hydrogen) atoms. The molecule has 1 heterocycles. The number of aliphatic hydroxyl groups is 1. The van der Waals surface area contributed by atoms with Crippen LogP contribution in [0.1, 0.15) is 88.0 Å². The molecule has 3 N–H and O–H groups in total. The molecule has 0 amide bonds. The second-order valence-electron chi connectivity index (χ2n) is 12.3. The number of carbonyl (C=O) groups is 4. The standard InChI is InChI=1S/C32H37NO12/c1-13-29(44-14(2)34)31(3,33(5)6)12-19(43-13)45-27-21-16(28(39)32(4,40)30(27)42-8)11-15-20(25(21)37)26(38)22-17(35)9-10-18(41-7)23(22)24(15)36/h9-11,13,19,27,29-30,35,37,40H,12H2,1-8H3/t13-,19-,27+,29+,30+,31-,32-/m0/s1. The number of benzene rings is 2. The molecule has 7 atom stereocenters. The van der Waals surface area contributed by atoms with Gasteiger partial charge in [0.1, 0.15) is 35.6 Å². The average Bonchev–Trinajstić information content (AvgIpc) is 2.95. The number of esters is 1. The van der Waals surface area contributed by atoms with Crippen molar-refractivity contribution < 1.29 is 58.2 Å². The second kappa shape index (κ2) is 11.2. The van der Waals surface area contributed by atoms with Crippen LogP contribution in [0.2, 0.25) is 0 Å². The minimum Gasteiger partial charge on any atom is -0.507 e. The van der Waals surface area contributed by atoms with Crippen LogP contribution in [0.15, 0.2) is 18.2 Å². The van der Waals surface area contributed by atoms with E-state index in [1.54, 1.807) is 6.92 Å². The highest BCUT2D eigenvalue weighted by Gasteiger charge is 2.56. The molecule has 0 bridgehead atoms. The van der Waals surface area contributed by atoms with Crippen molar-refractivity contribution in [2.24, 2.45) is 0 Å². The molecule has 0 radical (unpaired) electrons. The number of phenols is 2. The maximum atomic E-state index is 13.8. The van der Waals surface area contributed by atoms with Gasteiger partial charge in [0.25, 0.3) is 0 Å². The van der Waals surface area contributed by atoms with Crippen LogP contribution in [-0.2, 0) is 23.7 Å². The van der Waals surface area contributed by atoms with E-state index in [2.05, 4.69) is 0 Å². The van der Waals surface area contributed by atoms with Crippen molar-refractivity contribution >= 4 is 23.3 Å². The Morgan fingerprint density at radius 2 is 1.67 bits per heavy atom. The number of likely N-dealkylation sites (N-methyl/N-ethyl adjacent to an activating group) is 1. The maximum Gasteiger partial charge on any atom is 0.303 e. The molecule has 13 nitrogen and oxygen atoms in total. The highest BCUT2D eigenvalue weighted by atomic mass is 16.7. The first kappa shape index (κ1) is 32.5. The van der Waals surface area contributed by atoms with Crippen molar-refractivity contribution in [3.8, 4) is 17.2 Å². The van der Waals surface area contributed by atoms with Gasteiger partial charge in [0.2, 0.25) is 5.78 Å². The van der Waals surface area contributed by atoms with Crippen molar-refractivity contribution in [1.82, 2.24) is 4.90 Å². The number of hydrogen-bond acceptors (Lipinski definition) is 13. The highest BCUT2D eigenvalue weighted by molar-refractivity contribution is 6.32. The smallest absolute Gasteiger partial charge is 0.303 e. The Labute approximate surface area is 259 Å². The van der Waals surface area contributed by atoms with E-state index in [4.69, 9.17) is 23.7 Å². The zero-order valence-corrected chi connectivity index (χ0v) is 26.3. The third kappa shape index (κ3) is 4.81. The summed E-state index contributed by atoms with van der Waals surface area (Å²) in [5.41, 5.74) is -4.77. The largest absolute Gasteiger partial charge is 0.507 e. The first-order chi connectivity index (χ1) is 21.0. The van der Waals surface area contributed by atoms with Gasteiger partial charge in [-0.2, -0.15) is 0 Å². The average molecular weight is 628 g/mol. The van der Waals surface area contributed by atoms with Crippen LogP contribution < -0.4 is 4.74 Å². The van der Waals surface area contributed by atoms with Crippen LogP contribution in [0.3, 0.4) is 0 Å². The minimum absolute atomic E-state index is 0.0163. The summed E-state index contributed by atoms with van der Waals surface area (Å²) < 4.78 is 29.0. The van der Waals surface area contributed by atoms with E-state index < -0.39 is 82.2 Å². The third-order valence-electron chi connectivity index (χ3n) is 9.30. The molecule has 242 valence electrons. The van der Waals surface area contributed by atoms with Gasteiger partial charge in [-0.3, -0.25) is 19.2 Å². The predicted octanol–water partition coefficient (Wildman–Crippen LogP) is 2.29. The van der Waals surface area contributed by atoms with Gasteiger partial charge in [-0.1, -0.05) is 0 Å². The van der Waals surface area contributed by atoms with Gasteiger partial charge in [-0.15, -0.1) is 0 Å². The molecule has 13 heteroatoms. The van der Waals surface area contributed by atoms with Gasteiger partial charge in [0.05, 0.1) is 35.4 Å². The monoisotopic (exact) mass is 627 g/mol. The summed E-state index contributed by atoms with van der Waals surface area (Å²) in [5, 5.41) is 33.8. The zero-order valence-electron chi connectivity index (χ0n) is 26.3. The number of fused-ring (bicyclic) bond motifs is 3. The Morgan fingerprint density at radius 3 is 2.24 bits per heavy atom. The number of ketones is 3. The summed E-state index contributed by atoms with van der Waals surface area (Å²) in [4.78, 5) is 55.1. The minimum atomic E-state index is -2.20. The number of rotatable bonds is 6. The summed E-state index contributed by atoms with van der Waals surface area (Å²) in [6, 6.07) is 3.66. The van der Waals surface area contributed by atoms with Crippen molar-refractivity contribution in [3.63, 3.8) is 0 Å². The summed E-state index contributed by atoms with van der Waals surface area (Å²) in [5.74, 6) is -4.22. The Morgan fingerprint density at radius 1 is 1.00 bits per heavy atom. The van der Waals surface area contributed by atoms with Crippen LogP contribution in [0.4, 0.5) is 0 Å². The lowest BCUT2D eigenvalue weighted by atomic mass is 9.72. The van der Waals surface area contributed by atoms with Crippen molar-refractivity contribution in [2.75, 3.05) is 28.3 Å². The topological polar surface area (TPSA) is 178 Å². The first-order valence-electron chi connectivity index (χ1n) is 14.4. The van der Waals surface area contributed by atoms with Crippen LogP contribution in [0.5, 0.6) is 17.2 Å². The maximum absolute atomic E-state index is 13.8. The van der Waals surface area contributed by atoms with Gasteiger partial charge in [0.15, 0.2) is 23.5 Å². The van der Waals surface area contributed by atoms with Crippen LogP contribution >= 0.6 is 0 Å². The van der Waals surface area contributed by atoms with Gasteiger partial charge in [-0.05, 0) is 53.1 Å². The summed E-state index contributed by atoms with van der Waals surface area (Å²) >= 11 is 0. The SMILES string of the molecule is COc1ccc(O)c2c1C(=O)c1cc3c(c(O)c1C2=O)[C@@H](O[C@H]1C[C@](C)(N(C)C)[C@H](OC(C)=O)[C@H](C)O1)[C@@H](OC)[C@@](C)(O)C3=O. The van der Waals surface area contributed by atoms with E-state index in [0.29, 0.717) is 0 Å². The lowest BCUT2D eigenvalue weighted by Gasteiger charge is -2.51. The number of nitrogens with zero attached hydrogens (tertiary/aromatic N) is 1. The predicted molar refractivity (Wildman–Crippen MR) is 156 cm³/mol. The van der Waals surface area contributed by atoms with E-state index in [0.717, 1.165) is 6.07 Å². The summed E-state index contributed by atoms with van der Waals surface area (Å²) in [6.45, 7) is 6.11. The second-order valence-corrected chi connectivity index (χ2v) is 12.3. The lowest BCUT2D eigenvalue weighted by molar-refractivity contribution is -0.287. The molecule has 0 spiro atoms. The molecule has 1 fully saturated rings. The third-order valence-corrected chi connectivity index (χ3v) is 9.30. The Bertz CT molecular complexity index is 1610. The first-order valence-corrected chi connectivity index (χ1v) is 14.4. The molecule has 1 saturated heterocycles. The molecule has 0 saturated carbocycles. The quantitative estimate of drug-likeness (QED) is 0.339. The van der Waals surface area contributed by atoms with Gasteiger partial charge in [-0.25, -0.2) is 0 Å². The fourth-order valence-corrected chi connectivity index (χ4v) is 6.77. The molecule has 1 aliphatic heterocycles. The molecule has 2 aromatic rings. The lowest BCUT2D eigenvalue weighted by Crippen LogP contribution is -2.63. The zero-order chi connectivity index (χ0) is 33.3. The molecule has 2 aliphatic carbocycles. The van der Waals surface area contributed by atoms with Crippen molar-refractivity contribution in [1.29, 1.82) is 0 Å². The number of carbonyl (C=O) groups excluding carboxylic acids is 4. The molecular formula is C32H37NO12. The van der Waals surface area contributed by atoms with Gasteiger partial charge < -0.3 is 43.9 Å². The van der Waals surface area contributed by atoms with E-state index in [9.17, 15) is 34.5 Å². The van der Waals surface area contributed by atoms with E-state index in [1.807, 2.05) is 25.9 Å². The van der Waals surface area contributed by atoms with E-state index >= 15 is 0 Å². The normalized spacial score (nSPS) is 30.9. The Kier molecular flexibility index (Phi) is 8.07. The van der Waals surface area contributed by atoms with Gasteiger partial charge in [0, 0.05) is 37.1 Å². The van der Waals surface area contributed by atoms with Crippen molar-refractivity contribution in [3.05, 3.63) is 51.6 Å². The van der Waals surface area contributed by atoms with Crippen molar-refractivity contribution in [2.45, 2.75) is 76.0 Å². The van der Waals surface area contributed by atoms with E-state index in [1.165, 1.54) is 40.2 Å². The molecule has 5 rings (SSSR count). The Hall–Kier alpha value is -3.88.